The fourth-order valence-corrected chi connectivity index (χ4v) is 7.70. The van der Waals surface area contributed by atoms with Gasteiger partial charge in [-0.25, -0.2) is 0 Å². The molecule has 2 amide bonds. The summed E-state index contributed by atoms with van der Waals surface area (Å²) in [6.45, 7) is 9.64. The van der Waals surface area contributed by atoms with E-state index in [1.165, 1.54) is 44.3 Å². The number of hydrogen-bond donors (Lipinski definition) is 2. The van der Waals surface area contributed by atoms with Gasteiger partial charge in [0.05, 0.1) is 0 Å². The molecule has 0 unspecified atom stereocenters. The zero-order chi connectivity index (χ0) is 36.9. The number of allylic oxidation sites excluding steroid dienone is 4. The Morgan fingerprint density at radius 1 is 0.788 bits per heavy atom. The van der Waals surface area contributed by atoms with Gasteiger partial charge in [0, 0.05) is 101 Å². The predicted molar refractivity (Wildman–Crippen MR) is 222 cm³/mol. The average Bonchev–Trinajstić information content (AvgIpc) is 3.55. The summed E-state index contributed by atoms with van der Waals surface area (Å²) in [4.78, 5) is 28.9. The van der Waals surface area contributed by atoms with E-state index in [2.05, 4.69) is 120 Å². The van der Waals surface area contributed by atoms with Gasteiger partial charge in [0.25, 0.3) is 5.91 Å². The zero-order valence-corrected chi connectivity index (χ0v) is 32.0. The minimum Gasteiger partial charge on any atom is -0.354 e. The first-order valence-corrected chi connectivity index (χ1v) is 19.8. The van der Waals surface area contributed by atoms with E-state index in [0.29, 0.717) is 13.1 Å². The van der Waals surface area contributed by atoms with Crippen LogP contribution in [0.3, 0.4) is 0 Å². The van der Waals surface area contributed by atoms with Crippen LogP contribution in [-0.4, -0.2) is 58.3 Å². The number of aryl methyl sites for hydroxylation is 2. The Morgan fingerprint density at radius 2 is 1.35 bits per heavy atom. The molecule has 0 spiro atoms. The first kappa shape index (κ1) is 38.2. The maximum atomic E-state index is 12.5. The Balaban J connectivity index is 0.929. The van der Waals surface area contributed by atoms with Gasteiger partial charge in [-0.15, -0.1) is 0 Å². The highest BCUT2D eigenvalue weighted by Gasteiger charge is 2.11. The second-order valence-electron chi connectivity index (χ2n) is 12.3. The molecule has 8 nitrogen and oxygen atoms in total. The highest BCUT2D eigenvalue weighted by atomic mass is 33.1. The molecule has 0 aliphatic rings. The Hall–Kier alpha value is -5.06. The van der Waals surface area contributed by atoms with Crippen molar-refractivity contribution in [2.24, 2.45) is 19.1 Å². The van der Waals surface area contributed by atoms with Crippen molar-refractivity contribution < 1.29 is 14.2 Å². The molecule has 2 aromatic carbocycles. The summed E-state index contributed by atoms with van der Waals surface area (Å²) in [7, 11) is 7.51. The zero-order valence-electron chi connectivity index (χ0n) is 30.3. The van der Waals surface area contributed by atoms with Crippen LogP contribution in [-0.2, 0) is 30.2 Å². The Bertz CT molecular complexity index is 2150. The summed E-state index contributed by atoms with van der Waals surface area (Å²) in [5.74, 6) is 1.41. The van der Waals surface area contributed by atoms with E-state index >= 15 is 0 Å². The molecule has 3 aromatic heterocycles. The van der Waals surface area contributed by atoms with Crippen molar-refractivity contribution in [3.63, 3.8) is 0 Å². The van der Waals surface area contributed by atoms with Gasteiger partial charge in [-0.3, -0.25) is 14.6 Å². The molecule has 5 rings (SSSR count). The topological polar surface area (TPSA) is 84.3 Å². The fourth-order valence-electron chi connectivity index (χ4n) is 5.89. The summed E-state index contributed by atoms with van der Waals surface area (Å²) in [6.07, 6.45) is 17.5. The lowest BCUT2D eigenvalue weighted by Gasteiger charge is -2.04. The highest BCUT2D eigenvalue weighted by molar-refractivity contribution is 8.76. The van der Waals surface area contributed by atoms with Gasteiger partial charge in [0.15, 0.2) is 12.4 Å². The minimum absolute atomic E-state index is 0.0240. The molecule has 0 fully saturated rings. The molecule has 0 atom stereocenters. The molecule has 0 radical (unpaired) electrons. The van der Waals surface area contributed by atoms with E-state index in [-0.39, 0.29) is 24.9 Å². The molecule has 0 aliphatic heterocycles. The summed E-state index contributed by atoms with van der Waals surface area (Å²) < 4.78 is 6.29. The van der Waals surface area contributed by atoms with Gasteiger partial charge in [0.2, 0.25) is 12.5 Å². The van der Waals surface area contributed by atoms with Crippen molar-refractivity contribution in [3.05, 3.63) is 132 Å². The number of pyridine rings is 1. The molecule has 52 heavy (non-hydrogen) atoms. The third-order valence-electron chi connectivity index (χ3n) is 8.97. The number of aromatic nitrogens is 3. The van der Waals surface area contributed by atoms with Gasteiger partial charge >= 0.3 is 0 Å². The van der Waals surface area contributed by atoms with E-state index < -0.39 is 0 Å². The minimum atomic E-state index is -0.119. The Labute approximate surface area is 314 Å². The summed E-state index contributed by atoms with van der Waals surface area (Å²) in [6, 6.07) is 20.8. The van der Waals surface area contributed by atoms with Gasteiger partial charge in [-0.05, 0) is 43.2 Å². The molecular weight excluding hydrogens is 685 g/mol. The molecule has 0 aliphatic carbocycles. The third-order valence-corrected chi connectivity index (χ3v) is 11.4. The number of fused-ring (bicyclic) bond motifs is 2. The van der Waals surface area contributed by atoms with E-state index in [9.17, 15) is 9.59 Å². The van der Waals surface area contributed by atoms with Crippen LogP contribution in [0.4, 0.5) is 0 Å². The van der Waals surface area contributed by atoms with E-state index in [4.69, 9.17) is 0 Å². The van der Waals surface area contributed by atoms with Crippen LogP contribution in [0.15, 0.2) is 108 Å². The lowest BCUT2D eigenvalue weighted by atomic mass is 10.1. The van der Waals surface area contributed by atoms with Crippen molar-refractivity contribution in [1.29, 1.82) is 0 Å². The van der Waals surface area contributed by atoms with Gasteiger partial charge in [-0.1, -0.05) is 94.9 Å². The van der Waals surface area contributed by atoms with Crippen LogP contribution >= 0.6 is 21.6 Å². The normalized spacial score (nSPS) is 12.2. The first-order chi connectivity index (χ1) is 25.3. The number of rotatable bonds is 17. The number of para-hydroxylation sites is 2. The SMILES string of the molecule is C=CC(/C=C/c1c(C)n(C)c2ccccc12)=C\C=NCC(=O)NCCSSCCNC(=O)C[n+]1ccc(/C=C/c2c(C)n(C)c3ccccc23)cc1. The molecule has 2 N–H and O–H groups in total. The number of carbonyl (C=O) groups excluding carboxylic acids is 2. The molecule has 268 valence electrons. The largest absolute Gasteiger partial charge is 0.354 e. The Kier molecular flexibility index (Phi) is 13.9. The van der Waals surface area contributed by atoms with Crippen molar-refractivity contribution in [3.8, 4) is 0 Å². The van der Waals surface area contributed by atoms with Crippen molar-refractivity contribution >= 4 is 79.7 Å². The maximum Gasteiger partial charge on any atom is 0.286 e. The van der Waals surface area contributed by atoms with Gasteiger partial charge in [0.1, 0.15) is 6.54 Å². The fraction of sp³-hybridized carbons (Fsp3) is 0.238. The second kappa shape index (κ2) is 19.0. The number of carbonyl (C=O) groups is 2. The molecule has 0 saturated heterocycles. The van der Waals surface area contributed by atoms with E-state index in [1.54, 1.807) is 33.9 Å². The van der Waals surface area contributed by atoms with Crippen LogP contribution in [0.25, 0.3) is 40.0 Å². The quantitative estimate of drug-likeness (QED) is 0.0347. The van der Waals surface area contributed by atoms with Crippen LogP contribution in [0.5, 0.6) is 0 Å². The molecule has 0 bridgehead atoms. The lowest BCUT2D eigenvalue weighted by molar-refractivity contribution is -0.684. The molecule has 0 saturated carbocycles. The number of aliphatic imine (C=N–C) groups is 1. The standard InChI is InChI=1S/C42H46N6O2S2/c1-6-33(15-17-35-31(2)46(4)39-13-9-7-11-37(35)39)19-22-43-29-41(49)44-23-27-51-52-28-24-45-42(50)30-48-25-20-34(21-26-48)16-18-36-32(3)47(5)40-14-10-8-12-38(36)40/h6-22,25-26H,1,23-24,27-30H2,2-5H3,(H-,44,45,49,50)/p+1/b17-15+,33-19+,43-22?. The molecule has 5 aromatic rings. The van der Waals surface area contributed by atoms with Gasteiger partial charge in [-0.2, -0.15) is 4.57 Å². The smallest absolute Gasteiger partial charge is 0.286 e. The van der Waals surface area contributed by atoms with Crippen LogP contribution in [0, 0.1) is 13.8 Å². The predicted octanol–water partition coefficient (Wildman–Crippen LogP) is 7.26. The van der Waals surface area contributed by atoms with Gasteiger partial charge < -0.3 is 19.8 Å². The van der Waals surface area contributed by atoms with Crippen molar-refractivity contribution in [1.82, 2.24) is 19.8 Å². The van der Waals surface area contributed by atoms with E-state index in [0.717, 1.165) is 22.6 Å². The Morgan fingerprint density at radius 3 is 1.94 bits per heavy atom. The molecule has 10 heteroatoms. The third kappa shape index (κ3) is 10.0. The number of amides is 2. The molecular formula is C42H47N6O2S2+. The maximum absolute atomic E-state index is 12.5. The monoisotopic (exact) mass is 731 g/mol. The van der Waals surface area contributed by atoms with Crippen LogP contribution < -0.4 is 15.2 Å². The highest BCUT2D eigenvalue weighted by Crippen LogP contribution is 2.27. The summed E-state index contributed by atoms with van der Waals surface area (Å²) >= 11 is 0. The number of benzene rings is 2. The van der Waals surface area contributed by atoms with Crippen LogP contribution in [0.1, 0.15) is 28.1 Å². The average molecular weight is 732 g/mol. The number of nitrogens with zero attached hydrogens (tertiary/aromatic N) is 4. The van der Waals surface area contributed by atoms with Crippen LogP contribution in [0.2, 0.25) is 0 Å². The second-order valence-corrected chi connectivity index (χ2v) is 15.0. The molecule has 3 heterocycles. The first-order valence-electron chi connectivity index (χ1n) is 17.3. The summed E-state index contributed by atoms with van der Waals surface area (Å²) in [5, 5.41) is 8.33. The number of hydrogen-bond acceptors (Lipinski definition) is 5. The van der Waals surface area contributed by atoms with Crippen molar-refractivity contribution in [2.75, 3.05) is 31.1 Å². The lowest BCUT2D eigenvalue weighted by Crippen LogP contribution is -2.42. The number of nitrogens with one attached hydrogen (secondary N) is 2. The van der Waals surface area contributed by atoms with Crippen molar-refractivity contribution in [2.45, 2.75) is 20.4 Å². The summed E-state index contributed by atoms with van der Waals surface area (Å²) in [5.41, 5.74) is 9.22. The van der Waals surface area contributed by atoms with E-state index in [1.807, 2.05) is 47.3 Å².